The summed E-state index contributed by atoms with van der Waals surface area (Å²) in [5.41, 5.74) is 4.73. The van der Waals surface area contributed by atoms with E-state index in [0.717, 1.165) is 59.0 Å². The van der Waals surface area contributed by atoms with E-state index in [1.54, 1.807) is 21.3 Å². The topological polar surface area (TPSA) is 70.1 Å². The number of aromatic nitrogens is 1. The molecule has 2 heterocycles. The van der Waals surface area contributed by atoms with Crippen molar-refractivity contribution in [3.8, 4) is 28.5 Å². The lowest BCUT2D eigenvalue weighted by atomic mass is 9.98. The number of benzene rings is 2. The minimum absolute atomic E-state index is 0.0834. The lowest BCUT2D eigenvalue weighted by Gasteiger charge is -2.27. The Morgan fingerprint density at radius 1 is 1.06 bits per heavy atom. The first-order valence-electron chi connectivity index (χ1n) is 12.2. The van der Waals surface area contributed by atoms with E-state index in [1.165, 1.54) is 0 Å². The quantitative estimate of drug-likeness (QED) is 0.460. The van der Waals surface area contributed by atoms with E-state index in [9.17, 15) is 4.79 Å². The lowest BCUT2D eigenvalue weighted by molar-refractivity contribution is -0.142. The summed E-state index contributed by atoms with van der Waals surface area (Å²) >= 11 is 0. The highest BCUT2D eigenvalue weighted by atomic mass is 16.5. The summed E-state index contributed by atoms with van der Waals surface area (Å²) in [6, 6.07) is 12.4. The van der Waals surface area contributed by atoms with Gasteiger partial charge in [-0.2, -0.15) is 0 Å². The largest absolute Gasteiger partial charge is 0.493 e. The third-order valence-electron chi connectivity index (χ3n) is 6.92. The fourth-order valence-electron chi connectivity index (χ4n) is 4.94. The number of methoxy groups -OCH3 is 3. The van der Waals surface area contributed by atoms with Gasteiger partial charge < -0.3 is 23.8 Å². The van der Waals surface area contributed by atoms with Gasteiger partial charge in [-0.15, -0.1) is 0 Å². The molecule has 0 spiro atoms. The van der Waals surface area contributed by atoms with Crippen LogP contribution in [0.1, 0.15) is 36.8 Å². The molecule has 1 saturated heterocycles. The van der Waals surface area contributed by atoms with Gasteiger partial charge >= 0.3 is 0 Å². The van der Waals surface area contributed by atoms with E-state index in [1.807, 2.05) is 23.1 Å². The lowest BCUT2D eigenvalue weighted by Crippen LogP contribution is -2.40. The van der Waals surface area contributed by atoms with Crippen molar-refractivity contribution < 1.29 is 23.7 Å². The third-order valence-corrected chi connectivity index (χ3v) is 6.92. The average Bonchev–Trinajstić information content (AvgIpc) is 3.57. The van der Waals surface area contributed by atoms with Crippen LogP contribution in [0.25, 0.3) is 22.2 Å². The molecular weight excluding hydrogens is 444 g/mol. The fraction of sp³-hybridized carbons (Fsp3) is 0.429. The molecule has 1 aliphatic carbocycles. The maximum absolute atomic E-state index is 13.4. The number of carbonyl (C=O) groups is 1. The number of ether oxygens (including phenoxy) is 4. The van der Waals surface area contributed by atoms with E-state index >= 15 is 0 Å². The first-order valence-corrected chi connectivity index (χ1v) is 12.2. The van der Waals surface area contributed by atoms with Gasteiger partial charge in [0.1, 0.15) is 6.10 Å². The highest BCUT2D eigenvalue weighted by Gasteiger charge is 2.38. The zero-order chi connectivity index (χ0) is 24.5. The van der Waals surface area contributed by atoms with Crippen molar-refractivity contribution in [1.82, 2.24) is 9.88 Å². The monoisotopic (exact) mass is 476 g/mol. The molecule has 2 fully saturated rings. The number of hydrogen-bond donors (Lipinski definition) is 0. The van der Waals surface area contributed by atoms with Crippen LogP contribution >= 0.6 is 0 Å². The van der Waals surface area contributed by atoms with Crippen molar-refractivity contribution in [3.63, 3.8) is 0 Å². The summed E-state index contributed by atoms with van der Waals surface area (Å²) in [6.07, 6.45) is 3.42. The molecule has 0 N–H and O–H groups in total. The molecular formula is C28H32N2O5. The Kier molecular flexibility index (Phi) is 6.52. The summed E-state index contributed by atoms with van der Waals surface area (Å²) in [6.45, 7) is 3.20. The summed E-state index contributed by atoms with van der Waals surface area (Å²) < 4.78 is 22.7. The smallest absolute Gasteiger partial charge is 0.252 e. The standard InChI is InChI=1S/C28H32N2O5/c1-17-8-5-6-9-20(17)25-18(16-30(19-11-12-19)28(31)23-10-7-13-35-23)14-21-22(29-25)15-24(32-2)27(34-4)26(21)33-3/h5-6,8-9,14-15,19,23H,7,10-13,16H2,1-4H3/t23-/m1/s1. The third kappa shape index (κ3) is 4.41. The maximum atomic E-state index is 13.4. The molecule has 1 amide bonds. The summed E-state index contributed by atoms with van der Waals surface area (Å²) in [5.74, 6) is 1.73. The Balaban J connectivity index is 1.68. The van der Waals surface area contributed by atoms with Gasteiger partial charge in [0.05, 0.1) is 32.5 Å². The second-order valence-corrected chi connectivity index (χ2v) is 9.22. The van der Waals surface area contributed by atoms with Gasteiger partial charge in [0.15, 0.2) is 11.5 Å². The molecule has 35 heavy (non-hydrogen) atoms. The molecule has 7 heteroatoms. The predicted octanol–water partition coefficient (Wildman–Crippen LogP) is 4.91. The molecule has 1 saturated carbocycles. The molecule has 2 aliphatic rings. The molecule has 1 aromatic heterocycles. The van der Waals surface area contributed by atoms with Gasteiger partial charge in [0.25, 0.3) is 5.91 Å². The second kappa shape index (κ2) is 9.74. The van der Waals surface area contributed by atoms with E-state index in [0.29, 0.717) is 30.4 Å². The van der Waals surface area contributed by atoms with Gasteiger partial charge in [-0.25, -0.2) is 4.98 Å². The average molecular weight is 477 g/mol. The van der Waals surface area contributed by atoms with Gasteiger partial charge in [-0.05, 0) is 49.8 Å². The van der Waals surface area contributed by atoms with Crippen LogP contribution in [0.2, 0.25) is 0 Å². The Morgan fingerprint density at radius 3 is 2.46 bits per heavy atom. The van der Waals surface area contributed by atoms with Gasteiger partial charge in [0.2, 0.25) is 5.75 Å². The number of carbonyl (C=O) groups excluding carboxylic acids is 1. The van der Waals surface area contributed by atoms with E-state index in [-0.39, 0.29) is 18.1 Å². The molecule has 7 nitrogen and oxygen atoms in total. The van der Waals surface area contributed by atoms with Crippen LogP contribution in [0.5, 0.6) is 17.2 Å². The minimum atomic E-state index is -0.343. The van der Waals surface area contributed by atoms with E-state index in [4.69, 9.17) is 23.9 Å². The zero-order valence-corrected chi connectivity index (χ0v) is 20.8. The Bertz CT molecular complexity index is 1250. The second-order valence-electron chi connectivity index (χ2n) is 9.22. The molecule has 1 atom stereocenters. The molecule has 2 aromatic carbocycles. The first-order chi connectivity index (χ1) is 17.0. The molecule has 0 radical (unpaired) electrons. The number of aryl methyl sites for hydroxylation is 1. The summed E-state index contributed by atoms with van der Waals surface area (Å²) in [4.78, 5) is 20.5. The van der Waals surface area contributed by atoms with Crippen molar-refractivity contribution in [2.24, 2.45) is 0 Å². The first kappa shape index (κ1) is 23.4. The number of rotatable bonds is 8. The number of nitrogens with zero attached hydrogens (tertiary/aromatic N) is 2. The fourth-order valence-corrected chi connectivity index (χ4v) is 4.94. The van der Waals surface area contributed by atoms with Crippen LogP contribution in [0.3, 0.4) is 0 Å². The van der Waals surface area contributed by atoms with Crippen LogP contribution in [-0.4, -0.2) is 55.9 Å². The van der Waals surface area contributed by atoms with Gasteiger partial charge in [-0.3, -0.25) is 4.79 Å². The van der Waals surface area contributed by atoms with Gasteiger partial charge in [-0.1, -0.05) is 24.3 Å². The summed E-state index contributed by atoms with van der Waals surface area (Å²) in [5, 5.41) is 0.817. The Hall–Kier alpha value is -3.32. The SMILES string of the molecule is COc1cc2nc(-c3ccccc3C)c(CN(C(=O)[C@H]3CCCO3)C3CC3)cc2c(OC)c1OC. The molecule has 5 rings (SSSR count). The number of amides is 1. The highest BCUT2D eigenvalue weighted by molar-refractivity contribution is 5.93. The zero-order valence-electron chi connectivity index (χ0n) is 20.8. The van der Waals surface area contributed by atoms with Crippen LogP contribution < -0.4 is 14.2 Å². The summed E-state index contributed by atoms with van der Waals surface area (Å²) in [7, 11) is 4.81. The number of hydrogen-bond acceptors (Lipinski definition) is 6. The Labute approximate surface area is 205 Å². The van der Waals surface area contributed by atoms with Crippen LogP contribution in [-0.2, 0) is 16.1 Å². The van der Waals surface area contributed by atoms with E-state index < -0.39 is 0 Å². The Morgan fingerprint density at radius 2 is 1.83 bits per heavy atom. The normalized spacial score (nSPS) is 17.4. The van der Waals surface area contributed by atoms with Crippen LogP contribution in [0.15, 0.2) is 36.4 Å². The molecule has 184 valence electrons. The molecule has 0 unspecified atom stereocenters. The van der Waals surface area contributed by atoms with Crippen molar-refractivity contribution in [1.29, 1.82) is 0 Å². The van der Waals surface area contributed by atoms with E-state index in [2.05, 4.69) is 25.1 Å². The molecule has 0 bridgehead atoms. The van der Waals surface area contributed by atoms with Crippen LogP contribution in [0, 0.1) is 6.92 Å². The van der Waals surface area contributed by atoms with Crippen molar-refractivity contribution >= 4 is 16.8 Å². The molecule has 3 aromatic rings. The minimum Gasteiger partial charge on any atom is -0.493 e. The van der Waals surface area contributed by atoms with Crippen LogP contribution in [0.4, 0.5) is 0 Å². The predicted molar refractivity (Wildman–Crippen MR) is 134 cm³/mol. The van der Waals surface area contributed by atoms with Crippen molar-refractivity contribution in [2.45, 2.75) is 51.3 Å². The number of fused-ring (bicyclic) bond motifs is 1. The highest BCUT2D eigenvalue weighted by Crippen LogP contribution is 2.44. The number of pyridine rings is 1. The van der Waals surface area contributed by atoms with Crippen molar-refractivity contribution in [2.75, 3.05) is 27.9 Å². The van der Waals surface area contributed by atoms with Crippen molar-refractivity contribution in [3.05, 3.63) is 47.5 Å². The van der Waals surface area contributed by atoms with Gasteiger partial charge in [0, 0.05) is 36.2 Å². The molecule has 1 aliphatic heterocycles. The maximum Gasteiger partial charge on any atom is 0.252 e.